The van der Waals surface area contributed by atoms with Crippen molar-refractivity contribution in [3.05, 3.63) is 29.8 Å². The lowest BCUT2D eigenvalue weighted by Gasteiger charge is -2.39. The molecule has 1 amide bonds. The highest BCUT2D eigenvalue weighted by molar-refractivity contribution is 5.77. The average Bonchev–Trinajstić information content (AvgIpc) is 2.51. The van der Waals surface area contributed by atoms with Gasteiger partial charge in [0, 0.05) is 19.0 Å². The average molecular weight is 330 g/mol. The summed E-state index contributed by atoms with van der Waals surface area (Å²) in [5, 5.41) is 0. The third kappa shape index (κ3) is 4.60. The predicted molar refractivity (Wildman–Crippen MR) is 80.1 cm³/mol. The maximum absolute atomic E-state index is 13.1. The van der Waals surface area contributed by atoms with Crippen LogP contribution < -0.4 is 10.5 Å². The normalized spacial score (nSPS) is 22.0. The van der Waals surface area contributed by atoms with Gasteiger partial charge in [0.05, 0.1) is 7.11 Å². The number of nitrogens with zero attached hydrogens (tertiary/aromatic N) is 1. The van der Waals surface area contributed by atoms with E-state index in [0.717, 1.165) is 10.5 Å². The topological polar surface area (TPSA) is 55.6 Å². The van der Waals surface area contributed by atoms with Crippen molar-refractivity contribution in [2.45, 2.75) is 43.9 Å². The molecule has 1 aromatic rings. The van der Waals surface area contributed by atoms with E-state index in [9.17, 15) is 18.0 Å². The zero-order valence-electron chi connectivity index (χ0n) is 13.0. The van der Waals surface area contributed by atoms with Crippen molar-refractivity contribution in [3.63, 3.8) is 0 Å². The van der Waals surface area contributed by atoms with E-state index in [-0.39, 0.29) is 25.8 Å². The first-order valence-corrected chi connectivity index (χ1v) is 7.56. The van der Waals surface area contributed by atoms with Gasteiger partial charge in [-0.1, -0.05) is 12.1 Å². The van der Waals surface area contributed by atoms with Gasteiger partial charge in [0.15, 0.2) is 0 Å². The molecule has 0 aliphatic carbocycles. The van der Waals surface area contributed by atoms with E-state index in [1.54, 1.807) is 31.4 Å². The summed E-state index contributed by atoms with van der Waals surface area (Å²) in [7, 11) is 1.55. The largest absolute Gasteiger partial charge is 0.497 e. The molecule has 23 heavy (non-hydrogen) atoms. The molecule has 1 saturated heterocycles. The van der Waals surface area contributed by atoms with Crippen LogP contribution in [0.25, 0.3) is 0 Å². The van der Waals surface area contributed by atoms with Gasteiger partial charge >= 0.3 is 6.18 Å². The molecule has 4 nitrogen and oxygen atoms in total. The van der Waals surface area contributed by atoms with Crippen molar-refractivity contribution in [3.8, 4) is 5.75 Å². The van der Waals surface area contributed by atoms with Gasteiger partial charge in [-0.15, -0.1) is 0 Å². The number of benzene rings is 1. The van der Waals surface area contributed by atoms with Crippen molar-refractivity contribution in [1.82, 2.24) is 4.90 Å². The third-order valence-corrected chi connectivity index (χ3v) is 4.10. The quantitative estimate of drug-likeness (QED) is 0.923. The Labute approximate surface area is 133 Å². The molecule has 0 saturated carbocycles. The number of methoxy groups -OCH3 is 1. The van der Waals surface area contributed by atoms with Crippen molar-refractivity contribution >= 4 is 5.91 Å². The van der Waals surface area contributed by atoms with Crippen LogP contribution in [0.1, 0.15) is 24.8 Å². The predicted octanol–water partition coefficient (Wildman–Crippen LogP) is 2.51. The molecule has 1 aliphatic rings. The lowest BCUT2D eigenvalue weighted by atomic mass is 9.97. The van der Waals surface area contributed by atoms with Crippen LogP contribution in [-0.2, 0) is 11.2 Å². The molecule has 0 bridgehead atoms. The molecular formula is C16H21F3N2O2. The van der Waals surface area contributed by atoms with Gasteiger partial charge in [-0.3, -0.25) is 4.79 Å². The second-order valence-electron chi connectivity index (χ2n) is 5.79. The number of halogens is 3. The Bertz CT molecular complexity index is 531. The Hall–Kier alpha value is -1.76. The van der Waals surface area contributed by atoms with Crippen LogP contribution in [0.3, 0.4) is 0 Å². The van der Waals surface area contributed by atoms with Crippen molar-refractivity contribution in [1.29, 1.82) is 0 Å². The first-order valence-electron chi connectivity index (χ1n) is 7.56. The van der Waals surface area contributed by atoms with E-state index >= 15 is 0 Å². The molecule has 1 aromatic carbocycles. The summed E-state index contributed by atoms with van der Waals surface area (Å²) in [5.41, 5.74) is 6.61. The van der Waals surface area contributed by atoms with Crippen molar-refractivity contribution in [2.75, 3.05) is 13.7 Å². The standard InChI is InChI=1S/C16H21F3N2O2/c1-23-13-6-2-11(3-7-13)4-9-15(22)21-10-12(20)5-8-14(21)16(17,18)19/h2-3,6-7,12,14H,4-5,8-10,20H2,1H3/t12-,14-/m1/s1. The monoisotopic (exact) mass is 330 g/mol. The number of rotatable bonds is 4. The van der Waals surface area contributed by atoms with E-state index in [1.807, 2.05) is 0 Å². The molecule has 2 N–H and O–H groups in total. The summed E-state index contributed by atoms with van der Waals surface area (Å²) in [6.45, 7) is -0.0361. The lowest BCUT2D eigenvalue weighted by Crippen LogP contribution is -2.56. The Balaban J connectivity index is 1.99. The molecule has 2 atom stereocenters. The second-order valence-corrected chi connectivity index (χ2v) is 5.79. The highest BCUT2D eigenvalue weighted by atomic mass is 19.4. The summed E-state index contributed by atoms with van der Waals surface area (Å²) in [6.07, 6.45) is -3.83. The maximum Gasteiger partial charge on any atom is 0.408 e. The highest BCUT2D eigenvalue weighted by Gasteiger charge is 2.47. The first-order chi connectivity index (χ1) is 10.8. The fourth-order valence-electron chi connectivity index (χ4n) is 2.80. The van der Waals surface area contributed by atoms with E-state index in [4.69, 9.17) is 10.5 Å². The number of ether oxygens (including phenoxy) is 1. The van der Waals surface area contributed by atoms with Crippen LogP contribution >= 0.6 is 0 Å². The smallest absolute Gasteiger partial charge is 0.408 e. The fraction of sp³-hybridized carbons (Fsp3) is 0.562. The second kappa shape index (κ2) is 7.21. The Morgan fingerprint density at radius 1 is 1.30 bits per heavy atom. The Kier molecular flexibility index (Phi) is 5.51. The molecule has 1 heterocycles. The number of alkyl halides is 3. The van der Waals surface area contributed by atoms with Gasteiger partial charge in [0.25, 0.3) is 0 Å². The van der Waals surface area contributed by atoms with Gasteiger partial charge in [-0.05, 0) is 37.0 Å². The fourth-order valence-corrected chi connectivity index (χ4v) is 2.80. The minimum absolute atomic E-state index is 0.0334. The summed E-state index contributed by atoms with van der Waals surface area (Å²) < 4.78 is 44.3. The number of hydrogen-bond acceptors (Lipinski definition) is 3. The van der Waals surface area contributed by atoms with Crippen LogP contribution in [-0.4, -0.2) is 42.7 Å². The van der Waals surface area contributed by atoms with Crippen molar-refractivity contribution in [2.24, 2.45) is 5.73 Å². The number of aryl methyl sites for hydroxylation is 1. The number of amides is 1. The molecule has 0 spiro atoms. The number of nitrogens with two attached hydrogens (primary N) is 1. The number of carbonyl (C=O) groups is 1. The van der Waals surface area contributed by atoms with Crippen molar-refractivity contribution < 1.29 is 22.7 Å². The molecule has 0 unspecified atom stereocenters. The minimum Gasteiger partial charge on any atom is -0.497 e. The highest BCUT2D eigenvalue weighted by Crippen LogP contribution is 2.32. The number of piperidine rings is 1. The van der Waals surface area contributed by atoms with Crippen LogP contribution in [0.4, 0.5) is 13.2 Å². The molecule has 7 heteroatoms. The van der Waals surface area contributed by atoms with E-state index in [2.05, 4.69) is 0 Å². The third-order valence-electron chi connectivity index (χ3n) is 4.10. The summed E-state index contributed by atoms with van der Waals surface area (Å²) in [5.74, 6) is 0.192. The van der Waals surface area contributed by atoms with E-state index in [1.165, 1.54) is 0 Å². The number of likely N-dealkylation sites (tertiary alicyclic amines) is 1. The molecule has 0 aromatic heterocycles. The SMILES string of the molecule is COc1ccc(CCC(=O)N2C[C@H](N)CC[C@@H]2C(F)(F)F)cc1. The van der Waals surface area contributed by atoms with Crippen LogP contribution in [0, 0.1) is 0 Å². The van der Waals surface area contributed by atoms with E-state index in [0.29, 0.717) is 12.2 Å². The first kappa shape index (κ1) is 17.6. The summed E-state index contributed by atoms with van der Waals surface area (Å²) in [4.78, 5) is 13.1. The zero-order chi connectivity index (χ0) is 17.0. The van der Waals surface area contributed by atoms with Gasteiger partial charge < -0.3 is 15.4 Å². The summed E-state index contributed by atoms with van der Waals surface area (Å²) in [6, 6.07) is 5.01. The van der Waals surface area contributed by atoms with Gasteiger partial charge in [0.1, 0.15) is 11.8 Å². The number of carbonyl (C=O) groups excluding carboxylic acids is 1. The lowest BCUT2D eigenvalue weighted by molar-refractivity contribution is -0.196. The van der Waals surface area contributed by atoms with Crippen LogP contribution in [0.2, 0.25) is 0 Å². The molecular weight excluding hydrogens is 309 g/mol. The van der Waals surface area contributed by atoms with Crippen LogP contribution in [0.5, 0.6) is 5.75 Å². The summed E-state index contributed by atoms with van der Waals surface area (Å²) >= 11 is 0. The molecule has 0 radical (unpaired) electrons. The van der Waals surface area contributed by atoms with Gasteiger partial charge in [0.2, 0.25) is 5.91 Å². The zero-order valence-corrected chi connectivity index (χ0v) is 13.0. The van der Waals surface area contributed by atoms with Crippen LogP contribution in [0.15, 0.2) is 24.3 Å². The number of hydrogen-bond donors (Lipinski definition) is 1. The maximum atomic E-state index is 13.1. The van der Waals surface area contributed by atoms with Gasteiger partial charge in [-0.2, -0.15) is 13.2 Å². The van der Waals surface area contributed by atoms with E-state index < -0.39 is 24.2 Å². The Morgan fingerprint density at radius 2 is 1.96 bits per heavy atom. The molecule has 128 valence electrons. The molecule has 1 aliphatic heterocycles. The minimum atomic E-state index is -4.41. The molecule has 2 rings (SSSR count). The Morgan fingerprint density at radius 3 is 2.52 bits per heavy atom. The molecule has 1 fully saturated rings. The van der Waals surface area contributed by atoms with Gasteiger partial charge in [-0.25, -0.2) is 0 Å².